The Balaban J connectivity index is 0.00000140. The highest BCUT2D eigenvalue weighted by Crippen LogP contribution is 2.29. The summed E-state index contributed by atoms with van der Waals surface area (Å²) in [6.45, 7) is 5.12. The maximum atomic E-state index is 12.4. The smallest absolute Gasteiger partial charge is 0.224 e. The molecule has 3 heterocycles. The van der Waals surface area contributed by atoms with Crippen molar-refractivity contribution in [3.05, 3.63) is 24.0 Å². The van der Waals surface area contributed by atoms with Gasteiger partial charge in [-0.05, 0) is 68.8 Å². The van der Waals surface area contributed by atoms with Gasteiger partial charge in [-0.25, -0.2) is 4.98 Å². The van der Waals surface area contributed by atoms with Crippen molar-refractivity contribution in [1.82, 2.24) is 15.3 Å². The number of anilines is 1. The average Bonchev–Trinajstić information content (AvgIpc) is 3.31. The second-order valence-electron chi connectivity index (χ2n) is 7.69. The van der Waals surface area contributed by atoms with Crippen LogP contribution in [0.15, 0.2) is 18.2 Å². The standard InChI is InChI=1S/C20H28N4O2.2ClH/c1-13(14-4-2-8-21-12-14)10-19(25)22-15-6-7-16-17(11-15)24-20(23-16)18-5-3-9-26-18;;/h6-7,11,13-14,18,21H,2-5,8-10,12H2,1H3,(H,22,25)(H,23,24);2*1H. The molecule has 2 saturated heterocycles. The lowest BCUT2D eigenvalue weighted by Crippen LogP contribution is -2.34. The minimum Gasteiger partial charge on any atom is -0.370 e. The molecule has 2 aliphatic rings. The number of aromatic nitrogens is 2. The van der Waals surface area contributed by atoms with E-state index in [1.165, 1.54) is 12.8 Å². The zero-order valence-electron chi connectivity index (χ0n) is 16.2. The Morgan fingerprint density at radius 3 is 2.89 bits per heavy atom. The second kappa shape index (κ2) is 10.4. The third-order valence-corrected chi connectivity index (χ3v) is 5.67. The first-order valence-corrected chi connectivity index (χ1v) is 9.81. The van der Waals surface area contributed by atoms with Crippen molar-refractivity contribution >= 4 is 47.4 Å². The van der Waals surface area contributed by atoms with Crippen LogP contribution in [0.5, 0.6) is 0 Å². The summed E-state index contributed by atoms with van der Waals surface area (Å²) < 4.78 is 5.70. The van der Waals surface area contributed by atoms with E-state index in [0.717, 1.165) is 55.1 Å². The van der Waals surface area contributed by atoms with Gasteiger partial charge in [0.2, 0.25) is 5.91 Å². The van der Waals surface area contributed by atoms with Crippen molar-refractivity contribution in [2.75, 3.05) is 25.0 Å². The van der Waals surface area contributed by atoms with Crippen LogP contribution in [0, 0.1) is 11.8 Å². The van der Waals surface area contributed by atoms with Crippen molar-refractivity contribution in [2.24, 2.45) is 11.8 Å². The molecule has 3 atom stereocenters. The number of fused-ring (bicyclic) bond motifs is 1. The molecule has 0 aliphatic carbocycles. The molecule has 8 heteroatoms. The third-order valence-electron chi connectivity index (χ3n) is 5.67. The first-order valence-electron chi connectivity index (χ1n) is 9.81. The third kappa shape index (κ3) is 5.38. The zero-order valence-corrected chi connectivity index (χ0v) is 17.8. The van der Waals surface area contributed by atoms with E-state index in [-0.39, 0.29) is 36.8 Å². The molecule has 3 unspecified atom stereocenters. The maximum Gasteiger partial charge on any atom is 0.224 e. The van der Waals surface area contributed by atoms with Gasteiger partial charge in [-0.2, -0.15) is 0 Å². The number of carbonyl (C=O) groups is 1. The van der Waals surface area contributed by atoms with E-state index in [1.54, 1.807) is 0 Å². The van der Waals surface area contributed by atoms with E-state index in [1.807, 2.05) is 18.2 Å². The highest BCUT2D eigenvalue weighted by molar-refractivity contribution is 5.93. The Bertz CT molecular complexity index is 771. The molecule has 2 aliphatic heterocycles. The van der Waals surface area contributed by atoms with Gasteiger partial charge in [0.1, 0.15) is 11.9 Å². The first kappa shape index (κ1) is 22.9. The van der Waals surface area contributed by atoms with Crippen LogP contribution in [0.4, 0.5) is 5.69 Å². The van der Waals surface area contributed by atoms with Gasteiger partial charge in [-0.3, -0.25) is 4.79 Å². The van der Waals surface area contributed by atoms with Crippen molar-refractivity contribution < 1.29 is 9.53 Å². The maximum absolute atomic E-state index is 12.4. The number of ether oxygens (including phenoxy) is 1. The van der Waals surface area contributed by atoms with Crippen LogP contribution in [0.2, 0.25) is 0 Å². The number of halogens is 2. The fraction of sp³-hybridized carbons (Fsp3) is 0.600. The highest BCUT2D eigenvalue weighted by atomic mass is 35.5. The van der Waals surface area contributed by atoms with Crippen LogP contribution < -0.4 is 10.6 Å². The summed E-state index contributed by atoms with van der Waals surface area (Å²) in [5.74, 6) is 1.96. The Hall–Kier alpha value is -1.34. The molecule has 0 radical (unpaired) electrons. The Morgan fingerprint density at radius 1 is 1.32 bits per heavy atom. The number of H-pyrrole nitrogens is 1. The number of amides is 1. The molecule has 1 aromatic heterocycles. The van der Waals surface area contributed by atoms with Crippen molar-refractivity contribution in [1.29, 1.82) is 0 Å². The Morgan fingerprint density at radius 2 is 2.18 bits per heavy atom. The summed E-state index contributed by atoms with van der Waals surface area (Å²) in [6.07, 6.45) is 5.16. The van der Waals surface area contributed by atoms with Gasteiger partial charge >= 0.3 is 0 Å². The second-order valence-corrected chi connectivity index (χ2v) is 7.69. The van der Waals surface area contributed by atoms with E-state index >= 15 is 0 Å². The van der Waals surface area contributed by atoms with E-state index in [4.69, 9.17) is 4.74 Å². The summed E-state index contributed by atoms with van der Waals surface area (Å²) >= 11 is 0. The number of hydrogen-bond acceptors (Lipinski definition) is 4. The number of nitrogens with zero attached hydrogens (tertiary/aromatic N) is 1. The molecular formula is C20H30Cl2N4O2. The molecule has 3 N–H and O–H groups in total. The van der Waals surface area contributed by atoms with E-state index in [9.17, 15) is 4.79 Å². The van der Waals surface area contributed by atoms with Crippen LogP contribution in [-0.4, -0.2) is 35.6 Å². The number of rotatable bonds is 5. The Kier molecular flexibility index (Phi) is 8.56. The molecule has 2 aromatic rings. The van der Waals surface area contributed by atoms with Crippen LogP contribution in [0.1, 0.15) is 51.0 Å². The molecule has 4 rings (SSSR count). The van der Waals surface area contributed by atoms with Crippen LogP contribution in [0.25, 0.3) is 11.0 Å². The fourth-order valence-electron chi connectivity index (χ4n) is 4.09. The van der Waals surface area contributed by atoms with Crippen LogP contribution in [0.3, 0.4) is 0 Å². The average molecular weight is 429 g/mol. The SMILES string of the molecule is CC(CC(=O)Nc1ccc2nc(C3CCCO3)[nH]c2c1)C1CCCNC1.Cl.Cl. The number of benzene rings is 1. The molecule has 0 spiro atoms. The molecule has 2 fully saturated rings. The topological polar surface area (TPSA) is 79.0 Å². The fourth-order valence-corrected chi connectivity index (χ4v) is 4.09. The molecule has 0 bridgehead atoms. The first-order chi connectivity index (χ1) is 12.7. The molecule has 28 heavy (non-hydrogen) atoms. The molecule has 6 nitrogen and oxygen atoms in total. The zero-order chi connectivity index (χ0) is 17.9. The van der Waals surface area contributed by atoms with Gasteiger partial charge in [0.15, 0.2) is 0 Å². The molecule has 1 aromatic carbocycles. The lowest BCUT2D eigenvalue weighted by molar-refractivity contribution is -0.117. The number of piperidine rings is 1. The molecule has 0 saturated carbocycles. The normalized spacial score (nSPS) is 22.9. The van der Waals surface area contributed by atoms with Gasteiger partial charge in [-0.15, -0.1) is 24.8 Å². The summed E-state index contributed by atoms with van der Waals surface area (Å²) in [5.41, 5.74) is 2.67. The summed E-state index contributed by atoms with van der Waals surface area (Å²) in [4.78, 5) is 20.4. The van der Waals surface area contributed by atoms with E-state index < -0.39 is 0 Å². The lowest BCUT2D eigenvalue weighted by Gasteiger charge is -2.28. The number of imidazole rings is 1. The van der Waals surface area contributed by atoms with E-state index in [2.05, 4.69) is 27.5 Å². The molecule has 1 amide bonds. The van der Waals surface area contributed by atoms with Gasteiger partial charge in [0, 0.05) is 18.7 Å². The summed E-state index contributed by atoms with van der Waals surface area (Å²) in [5, 5.41) is 6.48. The van der Waals surface area contributed by atoms with Gasteiger partial charge in [0.25, 0.3) is 0 Å². The minimum absolute atomic E-state index is 0. The van der Waals surface area contributed by atoms with Crippen molar-refractivity contribution in [3.63, 3.8) is 0 Å². The van der Waals surface area contributed by atoms with E-state index in [0.29, 0.717) is 18.3 Å². The highest BCUT2D eigenvalue weighted by Gasteiger charge is 2.23. The van der Waals surface area contributed by atoms with Gasteiger partial charge in [-0.1, -0.05) is 6.92 Å². The molecule has 156 valence electrons. The minimum atomic E-state index is 0. The predicted molar refractivity (Wildman–Crippen MR) is 117 cm³/mol. The number of aromatic amines is 1. The van der Waals surface area contributed by atoms with Crippen LogP contribution in [-0.2, 0) is 9.53 Å². The number of nitrogens with one attached hydrogen (secondary N) is 3. The monoisotopic (exact) mass is 428 g/mol. The van der Waals surface area contributed by atoms with Crippen LogP contribution >= 0.6 is 24.8 Å². The lowest BCUT2D eigenvalue weighted by atomic mass is 9.85. The summed E-state index contributed by atoms with van der Waals surface area (Å²) in [7, 11) is 0. The molecular weight excluding hydrogens is 399 g/mol. The largest absolute Gasteiger partial charge is 0.370 e. The van der Waals surface area contributed by atoms with Crippen molar-refractivity contribution in [3.8, 4) is 0 Å². The predicted octanol–water partition coefficient (Wildman–Crippen LogP) is 4.22. The van der Waals surface area contributed by atoms with Gasteiger partial charge in [0.05, 0.1) is 11.0 Å². The Labute approximate surface area is 178 Å². The summed E-state index contributed by atoms with van der Waals surface area (Å²) in [6, 6.07) is 5.84. The quantitative estimate of drug-likeness (QED) is 0.665. The number of carbonyl (C=O) groups excluding carboxylic acids is 1. The van der Waals surface area contributed by atoms with Crippen molar-refractivity contribution in [2.45, 2.75) is 45.1 Å². The number of hydrogen-bond donors (Lipinski definition) is 3. The van der Waals surface area contributed by atoms with Gasteiger partial charge < -0.3 is 20.4 Å².